The van der Waals surface area contributed by atoms with Crippen LogP contribution in [-0.2, 0) is 8.85 Å². The first-order valence-electron chi connectivity index (χ1n) is 7.01. The van der Waals surface area contributed by atoms with Gasteiger partial charge in [-0.15, -0.1) is 0 Å². The first-order valence-corrected chi connectivity index (χ1v) is 9.83. The van der Waals surface area contributed by atoms with Crippen LogP contribution in [0.3, 0.4) is 0 Å². The molecule has 0 saturated heterocycles. The summed E-state index contributed by atoms with van der Waals surface area (Å²) in [5.74, 6) is 2.22. The molecule has 0 aliphatic heterocycles. The van der Waals surface area contributed by atoms with E-state index in [0.717, 1.165) is 12.2 Å². The van der Waals surface area contributed by atoms with Gasteiger partial charge in [-0.3, -0.25) is 0 Å². The zero-order valence-electron chi connectivity index (χ0n) is 13.8. The van der Waals surface area contributed by atoms with Crippen molar-refractivity contribution in [1.82, 2.24) is 0 Å². The van der Waals surface area contributed by atoms with Crippen LogP contribution in [0.4, 0.5) is 0 Å². The van der Waals surface area contributed by atoms with Crippen LogP contribution < -0.4 is 0 Å². The molecule has 0 aliphatic rings. The lowest BCUT2D eigenvalue weighted by Gasteiger charge is -2.33. The van der Waals surface area contributed by atoms with Crippen LogP contribution in [-0.4, -0.2) is 14.2 Å². The minimum absolute atomic E-state index is 0.142. The van der Waals surface area contributed by atoms with Gasteiger partial charge >= 0.3 is 8.56 Å². The van der Waals surface area contributed by atoms with Crippen molar-refractivity contribution in [2.24, 2.45) is 11.8 Å². The highest BCUT2D eigenvalue weighted by Gasteiger charge is 2.33. The van der Waals surface area contributed by atoms with Crippen molar-refractivity contribution < 1.29 is 8.85 Å². The molecule has 2 nitrogen and oxygen atoms in total. The predicted molar refractivity (Wildman–Crippen MR) is 81.8 cm³/mol. The van der Waals surface area contributed by atoms with E-state index in [1.807, 2.05) is 0 Å². The molecule has 3 heteroatoms. The molecule has 0 aromatic carbocycles. The van der Waals surface area contributed by atoms with E-state index >= 15 is 0 Å². The zero-order chi connectivity index (χ0) is 14.6. The van der Waals surface area contributed by atoms with Gasteiger partial charge in [0.1, 0.15) is 0 Å². The number of hydrogen-bond donors (Lipinski definition) is 0. The van der Waals surface area contributed by atoms with E-state index in [4.69, 9.17) is 8.85 Å². The van der Waals surface area contributed by atoms with E-state index in [1.165, 1.54) is 0 Å². The fraction of sp³-hybridized carbons (Fsp3) is 0.867. The Labute approximate surface area is 115 Å². The van der Waals surface area contributed by atoms with E-state index in [2.05, 4.69) is 67.6 Å². The lowest BCUT2D eigenvalue weighted by molar-refractivity contribution is 0.0804. The molecule has 0 spiro atoms. The summed E-state index contributed by atoms with van der Waals surface area (Å²) in [6.07, 6.45) is 3.21. The summed E-state index contributed by atoms with van der Waals surface area (Å²) in [6.45, 7) is 19.3. The van der Waals surface area contributed by atoms with Crippen molar-refractivity contribution in [2.75, 3.05) is 0 Å². The standard InChI is InChI=1S/C15H32O2Si/c1-12(2)10-14(11-13(3)4)16-18(8,9)17-15(5,6)7/h10,12-13H,11H2,1-9H3/b14-10+. The fourth-order valence-corrected chi connectivity index (χ4v) is 4.29. The van der Waals surface area contributed by atoms with Crippen LogP contribution in [0.25, 0.3) is 0 Å². The van der Waals surface area contributed by atoms with Crippen molar-refractivity contribution >= 4 is 8.56 Å². The first-order chi connectivity index (χ1) is 7.91. The van der Waals surface area contributed by atoms with Crippen LogP contribution in [0.15, 0.2) is 11.8 Å². The highest BCUT2D eigenvalue weighted by Crippen LogP contribution is 2.24. The Kier molecular flexibility index (Phi) is 6.65. The average Bonchev–Trinajstić information content (AvgIpc) is 1.92. The second kappa shape index (κ2) is 6.76. The molecule has 0 aliphatic carbocycles. The smallest absolute Gasteiger partial charge is 0.392 e. The van der Waals surface area contributed by atoms with E-state index in [-0.39, 0.29) is 5.60 Å². The summed E-state index contributed by atoms with van der Waals surface area (Å²) in [4.78, 5) is 0. The van der Waals surface area contributed by atoms with E-state index in [1.54, 1.807) is 0 Å². The Morgan fingerprint density at radius 1 is 1.11 bits per heavy atom. The summed E-state index contributed by atoms with van der Waals surface area (Å²) in [7, 11) is -2.10. The van der Waals surface area contributed by atoms with Crippen molar-refractivity contribution in [1.29, 1.82) is 0 Å². The van der Waals surface area contributed by atoms with E-state index in [9.17, 15) is 0 Å². The monoisotopic (exact) mass is 272 g/mol. The molecule has 0 aromatic heterocycles. The summed E-state index contributed by atoms with van der Waals surface area (Å²) in [6, 6.07) is 0. The molecule has 0 fully saturated rings. The maximum atomic E-state index is 6.21. The van der Waals surface area contributed by atoms with Gasteiger partial charge in [0.2, 0.25) is 0 Å². The third-order valence-electron chi connectivity index (χ3n) is 2.06. The van der Waals surface area contributed by atoms with Crippen molar-refractivity contribution in [3.8, 4) is 0 Å². The Hall–Kier alpha value is -0.283. The van der Waals surface area contributed by atoms with Crippen LogP contribution >= 0.6 is 0 Å². The Bertz CT molecular complexity index is 273. The first kappa shape index (κ1) is 17.7. The third kappa shape index (κ3) is 9.72. The largest absolute Gasteiger partial charge is 0.524 e. The van der Waals surface area contributed by atoms with Crippen molar-refractivity contribution in [3.05, 3.63) is 11.8 Å². The molecule has 0 bridgehead atoms. The minimum Gasteiger partial charge on any atom is -0.524 e. The lowest BCUT2D eigenvalue weighted by Crippen LogP contribution is -2.42. The summed E-state index contributed by atoms with van der Waals surface area (Å²) in [5.41, 5.74) is -0.142. The van der Waals surface area contributed by atoms with E-state index < -0.39 is 8.56 Å². The summed E-state index contributed by atoms with van der Waals surface area (Å²) < 4.78 is 12.3. The highest BCUT2D eigenvalue weighted by molar-refractivity contribution is 6.64. The molecule has 108 valence electrons. The van der Waals surface area contributed by atoms with E-state index in [0.29, 0.717) is 11.8 Å². The molecule has 0 amide bonds. The second-order valence-electron chi connectivity index (χ2n) is 7.19. The maximum absolute atomic E-state index is 6.21. The molecular formula is C15H32O2Si. The van der Waals surface area contributed by atoms with Gasteiger partial charge in [0.15, 0.2) is 0 Å². The molecule has 0 rings (SSSR count). The molecule has 0 unspecified atom stereocenters. The van der Waals surface area contributed by atoms with Gasteiger partial charge in [-0.1, -0.05) is 27.7 Å². The van der Waals surface area contributed by atoms with Crippen LogP contribution in [0.2, 0.25) is 13.1 Å². The average molecular weight is 273 g/mol. The lowest BCUT2D eigenvalue weighted by atomic mass is 10.1. The van der Waals surface area contributed by atoms with Crippen LogP contribution in [0, 0.1) is 11.8 Å². The highest BCUT2D eigenvalue weighted by atomic mass is 28.4. The van der Waals surface area contributed by atoms with Crippen molar-refractivity contribution in [2.45, 2.75) is 73.6 Å². The van der Waals surface area contributed by atoms with Crippen LogP contribution in [0.1, 0.15) is 54.9 Å². The fourth-order valence-electron chi connectivity index (χ4n) is 1.99. The molecule has 0 saturated carbocycles. The SMILES string of the molecule is CC(C)/C=C(\CC(C)C)O[Si](C)(C)OC(C)(C)C. The molecule has 18 heavy (non-hydrogen) atoms. The quantitative estimate of drug-likeness (QED) is 0.494. The number of allylic oxidation sites excluding steroid dienone is 2. The zero-order valence-corrected chi connectivity index (χ0v) is 14.8. The minimum atomic E-state index is -2.10. The molecule has 0 N–H and O–H groups in total. The Balaban J connectivity index is 4.76. The predicted octanol–water partition coefficient (Wildman–Crippen LogP) is 5.11. The van der Waals surface area contributed by atoms with Crippen LogP contribution in [0.5, 0.6) is 0 Å². The van der Waals surface area contributed by atoms with Gasteiger partial charge in [-0.2, -0.15) is 0 Å². The van der Waals surface area contributed by atoms with Gasteiger partial charge < -0.3 is 8.85 Å². The maximum Gasteiger partial charge on any atom is 0.392 e. The topological polar surface area (TPSA) is 18.5 Å². The molecule has 0 atom stereocenters. The number of rotatable bonds is 6. The summed E-state index contributed by atoms with van der Waals surface area (Å²) >= 11 is 0. The van der Waals surface area contributed by atoms with Crippen molar-refractivity contribution in [3.63, 3.8) is 0 Å². The van der Waals surface area contributed by atoms with Gasteiger partial charge in [-0.05, 0) is 51.8 Å². The normalized spacial score (nSPS) is 14.5. The Morgan fingerprint density at radius 2 is 1.61 bits per heavy atom. The molecule has 0 heterocycles. The number of hydrogen-bond acceptors (Lipinski definition) is 2. The third-order valence-corrected chi connectivity index (χ3v) is 3.92. The van der Waals surface area contributed by atoms with Gasteiger partial charge in [0, 0.05) is 6.42 Å². The van der Waals surface area contributed by atoms with Gasteiger partial charge in [0.25, 0.3) is 0 Å². The Morgan fingerprint density at radius 3 is 1.94 bits per heavy atom. The van der Waals surface area contributed by atoms with Gasteiger partial charge in [0.05, 0.1) is 11.4 Å². The second-order valence-corrected chi connectivity index (χ2v) is 10.4. The summed E-state index contributed by atoms with van der Waals surface area (Å²) in [5, 5.41) is 0. The molecular weight excluding hydrogens is 240 g/mol. The molecule has 0 radical (unpaired) electrons. The van der Waals surface area contributed by atoms with Gasteiger partial charge in [-0.25, -0.2) is 0 Å². The molecule has 0 aromatic rings.